The number of hydrogen-bond donors (Lipinski definition) is 1. The molecule has 0 bridgehead atoms. The first-order chi connectivity index (χ1) is 12.6. The Kier molecular flexibility index (Phi) is 4.24. The monoisotopic (exact) mass is 353 g/mol. The second-order valence-corrected chi connectivity index (χ2v) is 6.36. The number of nitrogens with zero attached hydrogens (tertiary/aromatic N) is 2. The Labute approximate surface area is 149 Å². The molecule has 1 aliphatic heterocycles. The first-order valence-corrected chi connectivity index (χ1v) is 8.52. The average Bonchev–Trinajstić information content (AvgIpc) is 3.14. The lowest BCUT2D eigenvalue weighted by atomic mass is 10.1. The van der Waals surface area contributed by atoms with Crippen molar-refractivity contribution in [3.05, 3.63) is 65.7 Å². The lowest BCUT2D eigenvalue weighted by Gasteiger charge is -2.20. The van der Waals surface area contributed by atoms with E-state index in [-0.39, 0.29) is 5.69 Å². The first kappa shape index (κ1) is 16.4. The lowest BCUT2D eigenvalue weighted by Crippen LogP contribution is -2.24. The minimum atomic E-state index is -0.739. The van der Waals surface area contributed by atoms with Crippen molar-refractivity contribution in [2.24, 2.45) is 0 Å². The molecule has 2 aromatic carbocycles. The van der Waals surface area contributed by atoms with E-state index >= 15 is 0 Å². The molecule has 0 saturated carbocycles. The van der Waals surface area contributed by atoms with Gasteiger partial charge in [-0.3, -0.25) is 4.79 Å². The molecule has 4 rings (SSSR count). The van der Waals surface area contributed by atoms with Gasteiger partial charge in [0, 0.05) is 30.2 Å². The van der Waals surface area contributed by atoms with Crippen LogP contribution >= 0.6 is 0 Å². The van der Waals surface area contributed by atoms with Crippen LogP contribution in [0.15, 0.2) is 48.5 Å². The first-order valence-electron chi connectivity index (χ1n) is 8.52. The SMILES string of the molecule is O=C(Nc1cc(F)cc(F)c1)c1cc2ccccc2nc1N1CCCC1. The Bertz CT molecular complexity index is 964. The number of pyridine rings is 1. The number of halogens is 2. The number of fused-ring (bicyclic) bond motifs is 1. The van der Waals surface area contributed by atoms with Crippen LogP contribution in [0, 0.1) is 11.6 Å². The van der Waals surface area contributed by atoms with Gasteiger partial charge in [0.2, 0.25) is 0 Å². The lowest BCUT2D eigenvalue weighted by molar-refractivity contribution is 0.102. The number of carbonyl (C=O) groups is 1. The molecule has 4 nitrogen and oxygen atoms in total. The highest BCUT2D eigenvalue weighted by atomic mass is 19.1. The Morgan fingerprint density at radius 2 is 1.69 bits per heavy atom. The van der Waals surface area contributed by atoms with Crippen LogP contribution in [0.25, 0.3) is 10.9 Å². The molecule has 1 aliphatic rings. The molecule has 0 radical (unpaired) electrons. The van der Waals surface area contributed by atoms with Gasteiger partial charge in [0.05, 0.1) is 11.1 Å². The van der Waals surface area contributed by atoms with Crippen LogP contribution in [0.4, 0.5) is 20.3 Å². The standard InChI is InChI=1S/C20H17F2N3O/c21-14-10-15(22)12-16(11-14)23-20(26)17-9-13-5-1-2-6-18(13)24-19(17)25-7-3-4-8-25/h1-2,5-6,9-12H,3-4,7-8H2,(H,23,26). The highest BCUT2D eigenvalue weighted by molar-refractivity contribution is 6.09. The van der Waals surface area contributed by atoms with E-state index in [9.17, 15) is 13.6 Å². The van der Waals surface area contributed by atoms with E-state index in [1.54, 1.807) is 6.07 Å². The zero-order valence-electron chi connectivity index (χ0n) is 14.0. The van der Waals surface area contributed by atoms with E-state index in [0.29, 0.717) is 11.4 Å². The van der Waals surface area contributed by atoms with Crippen molar-refractivity contribution in [1.29, 1.82) is 0 Å². The fraction of sp³-hybridized carbons (Fsp3) is 0.200. The summed E-state index contributed by atoms with van der Waals surface area (Å²) in [5.41, 5.74) is 1.28. The van der Waals surface area contributed by atoms with Gasteiger partial charge in [-0.15, -0.1) is 0 Å². The van der Waals surface area contributed by atoms with Gasteiger partial charge < -0.3 is 10.2 Å². The molecular formula is C20H17F2N3O. The van der Waals surface area contributed by atoms with Crippen LogP contribution in [0.5, 0.6) is 0 Å². The van der Waals surface area contributed by atoms with Gasteiger partial charge in [0.1, 0.15) is 17.5 Å². The molecule has 2 heterocycles. The fourth-order valence-corrected chi connectivity index (χ4v) is 3.27. The molecule has 3 aromatic rings. The van der Waals surface area contributed by atoms with Crippen LogP contribution in [0.2, 0.25) is 0 Å². The van der Waals surface area contributed by atoms with Gasteiger partial charge in [0.15, 0.2) is 0 Å². The average molecular weight is 353 g/mol. The highest BCUT2D eigenvalue weighted by Crippen LogP contribution is 2.27. The van der Waals surface area contributed by atoms with Gasteiger partial charge in [-0.25, -0.2) is 13.8 Å². The maximum absolute atomic E-state index is 13.4. The van der Waals surface area contributed by atoms with E-state index in [2.05, 4.69) is 15.2 Å². The molecule has 1 aromatic heterocycles. The van der Waals surface area contributed by atoms with E-state index in [0.717, 1.165) is 55.0 Å². The largest absolute Gasteiger partial charge is 0.356 e. The summed E-state index contributed by atoms with van der Waals surface area (Å²) >= 11 is 0. The summed E-state index contributed by atoms with van der Waals surface area (Å²) in [6.07, 6.45) is 2.09. The van der Waals surface area contributed by atoms with E-state index in [1.807, 2.05) is 24.3 Å². The third-order valence-electron chi connectivity index (χ3n) is 4.47. The fourth-order valence-electron chi connectivity index (χ4n) is 3.27. The summed E-state index contributed by atoms with van der Waals surface area (Å²) in [6, 6.07) is 12.3. The van der Waals surface area contributed by atoms with Crippen molar-refractivity contribution in [2.75, 3.05) is 23.3 Å². The second kappa shape index (κ2) is 6.71. The number of aromatic nitrogens is 1. The van der Waals surface area contributed by atoms with Crippen LogP contribution in [-0.4, -0.2) is 24.0 Å². The molecule has 0 aliphatic carbocycles. The highest BCUT2D eigenvalue weighted by Gasteiger charge is 2.22. The van der Waals surface area contributed by atoms with Crippen LogP contribution < -0.4 is 10.2 Å². The summed E-state index contributed by atoms with van der Waals surface area (Å²) in [4.78, 5) is 19.6. The van der Waals surface area contributed by atoms with Crippen molar-refractivity contribution in [1.82, 2.24) is 4.98 Å². The zero-order valence-corrected chi connectivity index (χ0v) is 14.0. The Morgan fingerprint density at radius 3 is 2.42 bits per heavy atom. The van der Waals surface area contributed by atoms with Gasteiger partial charge >= 0.3 is 0 Å². The third-order valence-corrected chi connectivity index (χ3v) is 4.47. The molecule has 6 heteroatoms. The summed E-state index contributed by atoms with van der Waals surface area (Å²) < 4.78 is 26.8. The molecule has 1 fully saturated rings. The molecular weight excluding hydrogens is 336 g/mol. The number of rotatable bonds is 3. The number of carbonyl (C=O) groups excluding carboxylic acids is 1. The Hall–Kier alpha value is -3.02. The van der Waals surface area contributed by atoms with Crippen LogP contribution in [-0.2, 0) is 0 Å². The third kappa shape index (κ3) is 3.22. The number of amides is 1. The minimum Gasteiger partial charge on any atom is -0.356 e. The summed E-state index contributed by atoms with van der Waals surface area (Å²) in [6.45, 7) is 1.67. The molecule has 1 N–H and O–H groups in total. The number of para-hydroxylation sites is 1. The topological polar surface area (TPSA) is 45.2 Å². The van der Waals surface area contributed by atoms with Crippen molar-refractivity contribution in [2.45, 2.75) is 12.8 Å². The van der Waals surface area contributed by atoms with Gasteiger partial charge in [-0.2, -0.15) is 0 Å². The molecule has 1 amide bonds. The van der Waals surface area contributed by atoms with Crippen molar-refractivity contribution >= 4 is 28.3 Å². The number of nitrogens with one attached hydrogen (secondary N) is 1. The van der Waals surface area contributed by atoms with Gasteiger partial charge in [-0.1, -0.05) is 18.2 Å². The molecule has 132 valence electrons. The van der Waals surface area contributed by atoms with E-state index in [1.165, 1.54) is 0 Å². The van der Waals surface area contributed by atoms with Crippen molar-refractivity contribution < 1.29 is 13.6 Å². The zero-order chi connectivity index (χ0) is 18.1. The Balaban J connectivity index is 1.75. The molecule has 26 heavy (non-hydrogen) atoms. The van der Waals surface area contributed by atoms with Crippen molar-refractivity contribution in [3.8, 4) is 0 Å². The molecule has 1 saturated heterocycles. The van der Waals surface area contributed by atoms with Crippen molar-refractivity contribution in [3.63, 3.8) is 0 Å². The quantitative estimate of drug-likeness (QED) is 0.761. The number of hydrogen-bond acceptors (Lipinski definition) is 3. The predicted molar refractivity (Wildman–Crippen MR) is 97.5 cm³/mol. The maximum Gasteiger partial charge on any atom is 0.259 e. The van der Waals surface area contributed by atoms with Crippen LogP contribution in [0.1, 0.15) is 23.2 Å². The smallest absolute Gasteiger partial charge is 0.259 e. The number of anilines is 2. The summed E-state index contributed by atoms with van der Waals surface area (Å²) in [7, 11) is 0. The minimum absolute atomic E-state index is 0.0769. The molecule has 0 unspecified atom stereocenters. The normalized spacial score (nSPS) is 14.0. The Morgan fingerprint density at radius 1 is 1.00 bits per heavy atom. The van der Waals surface area contributed by atoms with E-state index < -0.39 is 17.5 Å². The maximum atomic E-state index is 13.4. The van der Waals surface area contributed by atoms with E-state index in [4.69, 9.17) is 0 Å². The van der Waals surface area contributed by atoms with Gasteiger partial charge in [-0.05, 0) is 37.1 Å². The summed E-state index contributed by atoms with van der Waals surface area (Å²) in [5, 5.41) is 3.42. The number of benzene rings is 2. The predicted octanol–water partition coefficient (Wildman–Crippen LogP) is 4.37. The molecule has 0 atom stereocenters. The second-order valence-electron chi connectivity index (χ2n) is 6.36. The van der Waals surface area contributed by atoms with Gasteiger partial charge in [0.25, 0.3) is 5.91 Å². The summed E-state index contributed by atoms with van der Waals surface area (Å²) in [5.74, 6) is -1.31. The molecule has 0 spiro atoms. The van der Waals surface area contributed by atoms with Crippen LogP contribution in [0.3, 0.4) is 0 Å².